The number of pyridine rings is 1. The Morgan fingerprint density at radius 1 is 1.32 bits per heavy atom. The molecule has 0 fully saturated rings. The molecule has 4 rings (SSSR count). The lowest BCUT2D eigenvalue weighted by atomic mass is 10.1. The molecule has 10 heteroatoms. The summed E-state index contributed by atoms with van der Waals surface area (Å²) < 4.78 is 3.06. The molecule has 2 unspecified atom stereocenters. The molecule has 0 saturated carbocycles. The monoisotopic (exact) mass is 442 g/mol. The van der Waals surface area contributed by atoms with E-state index in [4.69, 9.17) is 17.3 Å². The maximum absolute atomic E-state index is 13.2. The lowest BCUT2D eigenvalue weighted by Crippen LogP contribution is -2.34. The molecular formula is C21H23ClN6O3. The van der Waals surface area contributed by atoms with E-state index in [1.54, 1.807) is 35.1 Å². The molecule has 2 atom stereocenters. The maximum atomic E-state index is 13.2. The molecule has 3 aromatic heterocycles. The summed E-state index contributed by atoms with van der Waals surface area (Å²) in [6.07, 6.45) is 2.36. The fraction of sp³-hybridized carbons (Fsp3) is 0.286. The Kier molecular flexibility index (Phi) is 5.92. The van der Waals surface area contributed by atoms with Crippen molar-refractivity contribution in [1.82, 2.24) is 24.5 Å². The fourth-order valence-electron chi connectivity index (χ4n) is 3.67. The van der Waals surface area contributed by atoms with Crippen LogP contribution in [0.4, 0.5) is 5.82 Å². The van der Waals surface area contributed by atoms with Gasteiger partial charge in [0.05, 0.1) is 35.2 Å². The van der Waals surface area contributed by atoms with Gasteiger partial charge in [0.15, 0.2) is 11.5 Å². The number of halogens is 1. The molecule has 9 nitrogen and oxygen atoms in total. The predicted molar refractivity (Wildman–Crippen MR) is 119 cm³/mol. The Labute approximate surface area is 182 Å². The van der Waals surface area contributed by atoms with Crippen molar-refractivity contribution in [3.05, 3.63) is 69.4 Å². The number of anilines is 1. The first-order valence-electron chi connectivity index (χ1n) is 9.82. The van der Waals surface area contributed by atoms with Gasteiger partial charge in [0, 0.05) is 30.7 Å². The van der Waals surface area contributed by atoms with Gasteiger partial charge in [0.25, 0.3) is 5.56 Å². The van der Waals surface area contributed by atoms with E-state index in [0.29, 0.717) is 39.5 Å². The van der Waals surface area contributed by atoms with Crippen LogP contribution in [0.3, 0.4) is 0 Å². The average molecular weight is 443 g/mol. The van der Waals surface area contributed by atoms with E-state index < -0.39 is 12.7 Å². The third kappa shape index (κ3) is 4.00. The van der Waals surface area contributed by atoms with Crippen LogP contribution in [0.5, 0.6) is 0 Å². The van der Waals surface area contributed by atoms with Crippen molar-refractivity contribution >= 4 is 33.8 Å². The third-order valence-corrected chi connectivity index (χ3v) is 5.59. The van der Waals surface area contributed by atoms with Crippen molar-refractivity contribution in [1.29, 1.82) is 0 Å². The number of hydrogen-bond acceptors (Lipinski definition) is 7. The molecule has 0 aliphatic carbocycles. The molecular weight excluding hydrogens is 420 g/mol. The van der Waals surface area contributed by atoms with Gasteiger partial charge in [0.2, 0.25) is 0 Å². The number of nitrogen functional groups attached to an aromatic ring is 1. The number of rotatable bonds is 7. The number of nitrogens with zero attached hydrogens (tertiary/aromatic N) is 4. The van der Waals surface area contributed by atoms with E-state index in [2.05, 4.69) is 15.4 Å². The first-order valence-corrected chi connectivity index (χ1v) is 10.2. The first-order chi connectivity index (χ1) is 14.9. The van der Waals surface area contributed by atoms with Gasteiger partial charge >= 0.3 is 0 Å². The van der Waals surface area contributed by atoms with Crippen LogP contribution in [0.2, 0.25) is 5.02 Å². The van der Waals surface area contributed by atoms with Gasteiger partial charge in [-0.2, -0.15) is 0 Å². The summed E-state index contributed by atoms with van der Waals surface area (Å²) in [6.45, 7) is 1.76. The fourth-order valence-corrected chi connectivity index (χ4v) is 3.94. The van der Waals surface area contributed by atoms with Crippen molar-refractivity contribution in [3.63, 3.8) is 0 Å². The van der Waals surface area contributed by atoms with E-state index in [1.165, 1.54) is 4.57 Å². The van der Waals surface area contributed by atoms with Crippen LogP contribution in [0, 0.1) is 0 Å². The van der Waals surface area contributed by atoms with Crippen LogP contribution in [-0.2, 0) is 13.1 Å². The minimum absolute atomic E-state index is 0.0573. The number of hydrogen-bond donors (Lipinski definition) is 4. The highest BCUT2D eigenvalue weighted by molar-refractivity contribution is 6.35. The van der Waals surface area contributed by atoms with Crippen molar-refractivity contribution < 1.29 is 10.2 Å². The molecule has 0 aliphatic rings. The third-order valence-electron chi connectivity index (χ3n) is 5.27. The van der Waals surface area contributed by atoms with E-state index in [1.807, 2.05) is 19.1 Å². The largest absolute Gasteiger partial charge is 0.394 e. The van der Waals surface area contributed by atoms with E-state index >= 15 is 0 Å². The average Bonchev–Trinajstić information content (AvgIpc) is 3.08. The minimum atomic E-state index is -1.08. The molecule has 0 aliphatic heterocycles. The van der Waals surface area contributed by atoms with Crippen LogP contribution in [0.25, 0.3) is 16.4 Å². The van der Waals surface area contributed by atoms with E-state index in [0.717, 1.165) is 5.56 Å². The lowest BCUT2D eigenvalue weighted by molar-refractivity contribution is 0.0794. The molecule has 5 N–H and O–H groups in total. The quantitative estimate of drug-likeness (QED) is 0.341. The van der Waals surface area contributed by atoms with Gasteiger partial charge in [-0.15, -0.1) is 5.10 Å². The van der Waals surface area contributed by atoms with Crippen LogP contribution in [-0.4, -0.2) is 42.1 Å². The molecule has 0 radical (unpaired) electrons. The zero-order valence-corrected chi connectivity index (χ0v) is 17.6. The standard InChI is InChI=1S/C21H23ClN6O3/c1-12(25-9-15-19(23)26-28-7-3-6-24-20(15)28)17-8-13-4-2-5-16(22)18(13)21(31)27(17)10-14(30)11-29/h2-8,12,14,25,29-30H,9-11H2,1H3,(H2,23,26). The molecule has 0 saturated heterocycles. The highest BCUT2D eigenvalue weighted by Crippen LogP contribution is 2.24. The van der Waals surface area contributed by atoms with Gasteiger partial charge in [0.1, 0.15) is 0 Å². The van der Waals surface area contributed by atoms with Crippen LogP contribution >= 0.6 is 11.6 Å². The van der Waals surface area contributed by atoms with Gasteiger partial charge < -0.3 is 25.8 Å². The van der Waals surface area contributed by atoms with E-state index in [9.17, 15) is 15.0 Å². The number of nitrogens with one attached hydrogen (secondary N) is 1. The number of benzene rings is 1. The summed E-state index contributed by atoms with van der Waals surface area (Å²) in [7, 11) is 0. The van der Waals surface area contributed by atoms with Gasteiger partial charge in [-0.3, -0.25) is 4.79 Å². The molecule has 3 heterocycles. The number of nitrogens with two attached hydrogens (primary N) is 1. The SMILES string of the molecule is CC(NCc1c(N)nn2cccnc12)c1cc2cccc(Cl)c2c(=O)n1CC(O)CO. The van der Waals surface area contributed by atoms with E-state index in [-0.39, 0.29) is 18.1 Å². The minimum Gasteiger partial charge on any atom is -0.394 e. The molecule has 0 spiro atoms. The summed E-state index contributed by atoms with van der Waals surface area (Å²) in [4.78, 5) is 17.5. The van der Waals surface area contributed by atoms with Crippen molar-refractivity contribution in [2.45, 2.75) is 32.2 Å². The van der Waals surface area contributed by atoms with Crippen molar-refractivity contribution in [2.24, 2.45) is 0 Å². The Bertz CT molecular complexity index is 1300. The van der Waals surface area contributed by atoms with Crippen molar-refractivity contribution in [2.75, 3.05) is 12.3 Å². The second-order valence-electron chi connectivity index (χ2n) is 7.38. The van der Waals surface area contributed by atoms with Gasteiger partial charge in [-0.05, 0) is 30.5 Å². The van der Waals surface area contributed by atoms with Crippen molar-refractivity contribution in [3.8, 4) is 0 Å². The molecule has 4 aromatic rings. The second-order valence-corrected chi connectivity index (χ2v) is 7.79. The number of aliphatic hydroxyl groups excluding tert-OH is 2. The summed E-state index contributed by atoms with van der Waals surface area (Å²) >= 11 is 6.27. The molecule has 0 amide bonds. The highest BCUT2D eigenvalue weighted by atomic mass is 35.5. The van der Waals surface area contributed by atoms with Gasteiger partial charge in [-0.25, -0.2) is 9.50 Å². The summed E-state index contributed by atoms with van der Waals surface area (Å²) in [5, 5.41) is 28.4. The molecule has 0 bridgehead atoms. The topological polar surface area (TPSA) is 131 Å². The lowest BCUT2D eigenvalue weighted by Gasteiger charge is -2.22. The van der Waals surface area contributed by atoms with Crippen LogP contribution < -0.4 is 16.6 Å². The molecule has 162 valence electrons. The first kappa shape index (κ1) is 21.3. The highest BCUT2D eigenvalue weighted by Gasteiger charge is 2.19. The smallest absolute Gasteiger partial charge is 0.260 e. The maximum Gasteiger partial charge on any atom is 0.260 e. The number of fused-ring (bicyclic) bond motifs is 2. The van der Waals surface area contributed by atoms with Gasteiger partial charge in [-0.1, -0.05) is 23.7 Å². The van der Waals surface area contributed by atoms with Crippen LogP contribution in [0.1, 0.15) is 24.2 Å². The molecule has 31 heavy (non-hydrogen) atoms. The summed E-state index contributed by atoms with van der Waals surface area (Å²) in [5.74, 6) is 0.372. The Morgan fingerprint density at radius 3 is 2.90 bits per heavy atom. The second kappa shape index (κ2) is 8.64. The van der Waals surface area contributed by atoms with Crippen LogP contribution in [0.15, 0.2) is 47.5 Å². The Balaban J connectivity index is 1.72. The zero-order valence-electron chi connectivity index (χ0n) is 16.9. The summed E-state index contributed by atoms with van der Waals surface area (Å²) in [5.41, 5.74) is 7.79. The Morgan fingerprint density at radius 2 is 2.13 bits per heavy atom. The Hall–Kier alpha value is -2.98. The number of aliphatic hydroxyl groups is 2. The predicted octanol–water partition coefficient (Wildman–Crippen LogP) is 1.48. The number of aromatic nitrogens is 4. The summed E-state index contributed by atoms with van der Waals surface area (Å²) in [6, 6.07) is 8.59. The zero-order chi connectivity index (χ0) is 22.1. The normalized spacial score (nSPS) is 13.7. The molecule has 1 aromatic carbocycles.